The van der Waals surface area contributed by atoms with Crippen molar-refractivity contribution in [2.24, 2.45) is 0 Å². The van der Waals surface area contributed by atoms with Crippen LogP contribution >= 0.6 is 28.3 Å². The maximum Gasteiger partial charge on any atom is 0.278 e. The molecule has 3 aromatic rings. The molecule has 2 N–H and O–H groups in total. The highest BCUT2D eigenvalue weighted by atomic mass is 79.9. The van der Waals surface area contributed by atoms with Gasteiger partial charge in [0.25, 0.3) is 5.89 Å². The highest BCUT2D eigenvalue weighted by Crippen LogP contribution is 2.26. The molecule has 1 fully saturated rings. The first-order valence-corrected chi connectivity index (χ1v) is 7.95. The highest BCUT2D eigenvalue weighted by Gasteiger charge is 2.21. The molecule has 2 aromatic heterocycles. The van der Waals surface area contributed by atoms with Gasteiger partial charge in [-0.25, -0.2) is 0 Å². The van der Waals surface area contributed by atoms with Crippen LogP contribution < -0.4 is 5.32 Å². The smallest absolute Gasteiger partial charge is 0.278 e. The van der Waals surface area contributed by atoms with E-state index in [1.165, 1.54) is 0 Å². The molecule has 23 heavy (non-hydrogen) atoms. The summed E-state index contributed by atoms with van der Waals surface area (Å²) >= 11 is 3.44. The van der Waals surface area contributed by atoms with Gasteiger partial charge in [-0.05, 0) is 31.2 Å². The summed E-state index contributed by atoms with van der Waals surface area (Å²) in [7, 11) is 0. The Bertz CT molecular complexity index is 797. The van der Waals surface area contributed by atoms with E-state index < -0.39 is 0 Å². The summed E-state index contributed by atoms with van der Waals surface area (Å²) in [5.41, 5.74) is 2.71. The van der Waals surface area contributed by atoms with Gasteiger partial charge < -0.3 is 9.84 Å². The maximum absolute atomic E-state index is 5.35. The lowest BCUT2D eigenvalue weighted by Gasteiger charge is -2.02. The van der Waals surface area contributed by atoms with Crippen molar-refractivity contribution in [1.82, 2.24) is 25.7 Å². The van der Waals surface area contributed by atoms with Crippen molar-refractivity contribution in [2.75, 3.05) is 13.1 Å². The lowest BCUT2D eigenvalue weighted by molar-refractivity contribution is 0.431. The molecule has 1 aromatic carbocycles. The lowest BCUT2D eigenvalue weighted by Crippen LogP contribution is -2.08. The minimum atomic E-state index is 0. The predicted molar refractivity (Wildman–Crippen MR) is 92.5 cm³/mol. The zero-order valence-corrected chi connectivity index (χ0v) is 14.5. The third-order valence-corrected chi connectivity index (χ3v) is 4.32. The van der Waals surface area contributed by atoms with Crippen molar-refractivity contribution in [1.29, 1.82) is 0 Å². The fourth-order valence-electron chi connectivity index (χ4n) is 2.65. The third kappa shape index (κ3) is 3.31. The molecule has 0 saturated carbocycles. The summed E-state index contributed by atoms with van der Waals surface area (Å²) < 4.78 is 6.33. The Hall–Kier alpha value is -1.70. The zero-order valence-electron chi connectivity index (χ0n) is 12.1. The first-order chi connectivity index (χ1) is 10.8. The number of benzene rings is 1. The molecule has 6 nitrogen and oxygen atoms in total. The average molecular weight is 397 g/mol. The Morgan fingerprint density at radius 1 is 1.26 bits per heavy atom. The van der Waals surface area contributed by atoms with E-state index in [2.05, 4.69) is 41.6 Å². The fourth-order valence-corrected chi connectivity index (χ4v) is 3.05. The molecule has 1 aliphatic heterocycles. The fraction of sp³-hybridized carbons (Fsp3) is 0.267. The number of aromatic amines is 1. The minimum Gasteiger partial charge on any atom is -0.332 e. The summed E-state index contributed by atoms with van der Waals surface area (Å²) in [5, 5.41) is 14.8. The van der Waals surface area contributed by atoms with Crippen LogP contribution in [0.1, 0.15) is 18.0 Å². The van der Waals surface area contributed by atoms with Crippen LogP contribution in [0.15, 0.2) is 39.3 Å². The standard InChI is InChI=1S/C15H14BrN5O.ClH/c16-11-3-1-2-9(6-11)14-18-15(22-21-14)13-7-12(19-20-13)10-4-5-17-8-10;/h1-3,6-7,10,17H,4-5,8H2,(H,19,20);1H. The Kier molecular flexibility index (Phi) is 4.79. The van der Waals surface area contributed by atoms with Gasteiger partial charge >= 0.3 is 0 Å². The Morgan fingerprint density at radius 3 is 2.96 bits per heavy atom. The molecule has 0 aliphatic carbocycles. The summed E-state index contributed by atoms with van der Waals surface area (Å²) in [6, 6.07) is 9.79. The molecule has 0 radical (unpaired) electrons. The molecule has 3 heterocycles. The van der Waals surface area contributed by atoms with Crippen LogP contribution in [-0.4, -0.2) is 33.4 Å². The van der Waals surface area contributed by atoms with Gasteiger partial charge in [-0.3, -0.25) is 5.10 Å². The number of rotatable bonds is 3. The molecule has 4 rings (SSSR count). The van der Waals surface area contributed by atoms with E-state index in [-0.39, 0.29) is 12.4 Å². The summed E-state index contributed by atoms with van der Waals surface area (Å²) in [5.74, 6) is 1.47. The topological polar surface area (TPSA) is 79.6 Å². The second-order valence-corrected chi connectivity index (χ2v) is 6.25. The van der Waals surface area contributed by atoms with E-state index in [0.717, 1.165) is 35.2 Å². The molecule has 0 spiro atoms. The molecule has 1 atom stereocenters. The number of hydrogen-bond acceptors (Lipinski definition) is 5. The normalized spacial score (nSPS) is 17.2. The van der Waals surface area contributed by atoms with Gasteiger partial charge in [0.05, 0.1) is 0 Å². The van der Waals surface area contributed by atoms with Crippen LogP contribution in [-0.2, 0) is 0 Å². The SMILES string of the molecule is Brc1cccc(-c2noc(-c3cc(C4CCNC4)[nH]n3)n2)c1.Cl. The van der Waals surface area contributed by atoms with Crippen molar-refractivity contribution in [3.63, 3.8) is 0 Å². The third-order valence-electron chi connectivity index (χ3n) is 3.83. The van der Waals surface area contributed by atoms with E-state index in [4.69, 9.17) is 4.52 Å². The molecular weight excluding hydrogens is 382 g/mol. The summed E-state index contributed by atoms with van der Waals surface area (Å²) in [4.78, 5) is 4.44. The zero-order chi connectivity index (χ0) is 14.9. The highest BCUT2D eigenvalue weighted by molar-refractivity contribution is 9.10. The number of aromatic nitrogens is 4. The van der Waals surface area contributed by atoms with E-state index >= 15 is 0 Å². The number of H-pyrrole nitrogens is 1. The first kappa shape index (κ1) is 16.2. The van der Waals surface area contributed by atoms with Crippen molar-refractivity contribution >= 4 is 28.3 Å². The monoisotopic (exact) mass is 395 g/mol. The Balaban J connectivity index is 0.00000156. The van der Waals surface area contributed by atoms with E-state index in [1.54, 1.807) is 0 Å². The maximum atomic E-state index is 5.35. The number of nitrogens with one attached hydrogen (secondary N) is 2. The lowest BCUT2D eigenvalue weighted by atomic mass is 10.1. The molecule has 0 bridgehead atoms. The molecule has 1 unspecified atom stereocenters. The average Bonchev–Trinajstić information content (AvgIpc) is 3.27. The molecule has 120 valence electrons. The number of hydrogen-bond donors (Lipinski definition) is 2. The van der Waals surface area contributed by atoms with E-state index in [1.807, 2.05) is 30.3 Å². The van der Waals surface area contributed by atoms with Crippen LogP contribution in [0.2, 0.25) is 0 Å². The van der Waals surface area contributed by atoms with E-state index in [9.17, 15) is 0 Å². The van der Waals surface area contributed by atoms with Gasteiger partial charge in [0.1, 0.15) is 0 Å². The van der Waals surface area contributed by atoms with Gasteiger partial charge in [-0.1, -0.05) is 33.2 Å². The van der Waals surface area contributed by atoms with Gasteiger partial charge in [-0.15, -0.1) is 12.4 Å². The quantitative estimate of drug-likeness (QED) is 0.709. The van der Waals surface area contributed by atoms with Crippen LogP contribution in [0, 0.1) is 0 Å². The number of nitrogens with zero attached hydrogens (tertiary/aromatic N) is 3. The van der Waals surface area contributed by atoms with Crippen LogP contribution in [0.3, 0.4) is 0 Å². The second-order valence-electron chi connectivity index (χ2n) is 5.33. The number of halogens is 2. The molecule has 1 aliphatic rings. The van der Waals surface area contributed by atoms with Crippen molar-refractivity contribution in [2.45, 2.75) is 12.3 Å². The van der Waals surface area contributed by atoms with Crippen molar-refractivity contribution in [3.05, 3.63) is 40.5 Å². The van der Waals surface area contributed by atoms with Gasteiger partial charge in [0.15, 0.2) is 5.69 Å². The van der Waals surface area contributed by atoms with Gasteiger partial charge in [-0.2, -0.15) is 10.1 Å². The Morgan fingerprint density at radius 2 is 2.17 bits per heavy atom. The van der Waals surface area contributed by atoms with Crippen LogP contribution in [0.5, 0.6) is 0 Å². The second kappa shape index (κ2) is 6.82. The summed E-state index contributed by atoms with van der Waals surface area (Å²) in [6.45, 7) is 2.03. The van der Waals surface area contributed by atoms with Crippen molar-refractivity contribution < 1.29 is 4.52 Å². The van der Waals surface area contributed by atoms with E-state index in [0.29, 0.717) is 23.3 Å². The van der Waals surface area contributed by atoms with Gasteiger partial charge in [0, 0.05) is 28.2 Å². The largest absolute Gasteiger partial charge is 0.332 e. The summed E-state index contributed by atoms with van der Waals surface area (Å²) in [6.07, 6.45) is 1.12. The molecule has 1 saturated heterocycles. The molecular formula is C15H15BrClN5O. The predicted octanol–water partition coefficient (Wildman–Crippen LogP) is 3.39. The van der Waals surface area contributed by atoms with Crippen molar-refractivity contribution in [3.8, 4) is 23.0 Å². The first-order valence-electron chi connectivity index (χ1n) is 7.15. The van der Waals surface area contributed by atoms with Gasteiger partial charge in [0.2, 0.25) is 5.82 Å². The minimum absolute atomic E-state index is 0. The Labute approximate surface area is 147 Å². The van der Waals surface area contributed by atoms with Crippen LogP contribution in [0.25, 0.3) is 23.0 Å². The van der Waals surface area contributed by atoms with Crippen LogP contribution in [0.4, 0.5) is 0 Å². The molecule has 8 heteroatoms. The molecule has 0 amide bonds.